The molecule has 0 aliphatic rings. The fourth-order valence-corrected chi connectivity index (χ4v) is 2.10. The highest BCUT2D eigenvalue weighted by Gasteiger charge is 2.16. The predicted molar refractivity (Wildman–Crippen MR) is 75.0 cm³/mol. The SMILES string of the molecule is Cc1ncccc1Nc1cc(Cl)nc(Cl)c1C(N)=O. The van der Waals surface area contributed by atoms with Crippen LogP contribution in [0.15, 0.2) is 24.4 Å². The topological polar surface area (TPSA) is 80.9 Å². The second kappa shape index (κ2) is 5.42. The Hall–Kier alpha value is -1.85. The lowest BCUT2D eigenvalue weighted by molar-refractivity contribution is 0.100. The second-order valence-corrected chi connectivity index (χ2v) is 4.53. The first-order chi connectivity index (χ1) is 8.99. The number of aryl methyl sites for hydroxylation is 1. The molecule has 5 nitrogen and oxygen atoms in total. The molecule has 0 aliphatic carbocycles. The molecule has 0 saturated carbocycles. The first kappa shape index (κ1) is 13.6. The molecule has 1 amide bonds. The van der Waals surface area contributed by atoms with Crippen molar-refractivity contribution in [1.82, 2.24) is 9.97 Å². The van der Waals surface area contributed by atoms with Crippen molar-refractivity contribution in [2.45, 2.75) is 6.92 Å². The van der Waals surface area contributed by atoms with Crippen LogP contribution in [0.5, 0.6) is 0 Å². The Kier molecular flexibility index (Phi) is 3.87. The minimum Gasteiger partial charge on any atom is -0.365 e. The Bertz CT molecular complexity index is 646. The number of pyridine rings is 2. The number of nitrogens with one attached hydrogen (secondary N) is 1. The minimum atomic E-state index is -0.682. The molecular formula is C12H10Cl2N4O. The van der Waals surface area contributed by atoms with Gasteiger partial charge in [0.25, 0.3) is 5.91 Å². The molecule has 0 spiro atoms. The summed E-state index contributed by atoms with van der Waals surface area (Å²) in [6, 6.07) is 5.07. The molecule has 2 aromatic heterocycles. The van der Waals surface area contributed by atoms with Gasteiger partial charge in [-0.2, -0.15) is 0 Å². The average molecular weight is 297 g/mol. The van der Waals surface area contributed by atoms with Gasteiger partial charge in [0.15, 0.2) is 0 Å². The number of aromatic nitrogens is 2. The standard InChI is InChI=1S/C12H10Cl2N4O/c1-6-7(3-2-4-16-6)17-8-5-9(13)18-11(14)10(8)12(15)19/h2-5H,1H3,(H2,15,19)(H,17,18). The van der Waals surface area contributed by atoms with E-state index in [1.807, 2.05) is 13.0 Å². The van der Waals surface area contributed by atoms with Gasteiger partial charge in [-0.05, 0) is 25.1 Å². The van der Waals surface area contributed by atoms with Crippen molar-refractivity contribution in [2.75, 3.05) is 5.32 Å². The number of halogens is 2. The number of amides is 1. The lowest BCUT2D eigenvalue weighted by Crippen LogP contribution is -2.15. The normalized spacial score (nSPS) is 10.3. The van der Waals surface area contributed by atoms with Crippen LogP contribution in [0.2, 0.25) is 10.3 Å². The van der Waals surface area contributed by atoms with E-state index in [4.69, 9.17) is 28.9 Å². The van der Waals surface area contributed by atoms with E-state index in [-0.39, 0.29) is 15.9 Å². The fourth-order valence-electron chi connectivity index (χ4n) is 1.58. The van der Waals surface area contributed by atoms with Crippen molar-refractivity contribution in [3.8, 4) is 0 Å². The van der Waals surface area contributed by atoms with Gasteiger partial charge < -0.3 is 11.1 Å². The van der Waals surface area contributed by atoms with Crippen molar-refractivity contribution < 1.29 is 4.79 Å². The molecule has 2 heterocycles. The molecule has 0 aliphatic heterocycles. The summed E-state index contributed by atoms with van der Waals surface area (Å²) >= 11 is 11.7. The molecule has 0 atom stereocenters. The maximum atomic E-state index is 11.4. The number of hydrogen-bond donors (Lipinski definition) is 2. The number of carbonyl (C=O) groups is 1. The third kappa shape index (κ3) is 2.94. The molecule has 0 bridgehead atoms. The zero-order chi connectivity index (χ0) is 14.0. The summed E-state index contributed by atoms with van der Waals surface area (Å²) in [5.41, 5.74) is 7.27. The van der Waals surface area contributed by atoms with Crippen LogP contribution in [-0.2, 0) is 0 Å². The average Bonchev–Trinajstić information content (AvgIpc) is 2.30. The summed E-state index contributed by atoms with van der Waals surface area (Å²) in [6.45, 7) is 1.83. The maximum absolute atomic E-state index is 11.4. The van der Waals surface area contributed by atoms with Crippen LogP contribution in [0.3, 0.4) is 0 Å². The van der Waals surface area contributed by atoms with Crippen molar-refractivity contribution in [2.24, 2.45) is 5.73 Å². The molecule has 0 saturated heterocycles. The highest BCUT2D eigenvalue weighted by atomic mass is 35.5. The number of anilines is 2. The van der Waals surface area contributed by atoms with E-state index < -0.39 is 5.91 Å². The number of rotatable bonds is 3. The zero-order valence-corrected chi connectivity index (χ0v) is 11.5. The molecule has 0 aromatic carbocycles. The summed E-state index contributed by atoms with van der Waals surface area (Å²) in [5, 5.41) is 3.16. The Labute approximate surface area is 119 Å². The molecule has 2 rings (SSSR count). The van der Waals surface area contributed by atoms with E-state index in [9.17, 15) is 4.79 Å². The molecule has 19 heavy (non-hydrogen) atoms. The molecule has 0 fully saturated rings. The van der Waals surface area contributed by atoms with E-state index in [2.05, 4.69) is 15.3 Å². The highest BCUT2D eigenvalue weighted by molar-refractivity contribution is 6.35. The summed E-state index contributed by atoms with van der Waals surface area (Å²) in [4.78, 5) is 19.4. The van der Waals surface area contributed by atoms with Gasteiger partial charge in [0, 0.05) is 6.20 Å². The zero-order valence-electron chi connectivity index (χ0n) is 9.95. The van der Waals surface area contributed by atoms with Gasteiger partial charge in [0.2, 0.25) is 0 Å². The van der Waals surface area contributed by atoms with Gasteiger partial charge >= 0.3 is 0 Å². The molecule has 2 aromatic rings. The Balaban J connectivity index is 2.51. The molecule has 7 heteroatoms. The second-order valence-electron chi connectivity index (χ2n) is 3.78. The van der Waals surface area contributed by atoms with Crippen LogP contribution < -0.4 is 11.1 Å². The smallest absolute Gasteiger partial charge is 0.253 e. The van der Waals surface area contributed by atoms with Crippen LogP contribution in [-0.4, -0.2) is 15.9 Å². The van der Waals surface area contributed by atoms with E-state index >= 15 is 0 Å². The maximum Gasteiger partial charge on any atom is 0.253 e. The monoisotopic (exact) mass is 296 g/mol. The fraction of sp³-hybridized carbons (Fsp3) is 0.0833. The van der Waals surface area contributed by atoms with Gasteiger partial charge in [0.05, 0.1) is 17.1 Å². The largest absolute Gasteiger partial charge is 0.365 e. The van der Waals surface area contributed by atoms with E-state index in [1.54, 1.807) is 12.3 Å². The third-order valence-corrected chi connectivity index (χ3v) is 2.93. The molecule has 0 radical (unpaired) electrons. The third-order valence-electron chi connectivity index (χ3n) is 2.47. The lowest BCUT2D eigenvalue weighted by atomic mass is 10.2. The van der Waals surface area contributed by atoms with E-state index in [0.717, 1.165) is 11.4 Å². The van der Waals surface area contributed by atoms with Crippen molar-refractivity contribution in [3.63, 3.8) is 0 Å². The van der Waals surface area contributed by atoms with Gasteiger partial charge in [-0.3, -0.25) is 9.78 Å². The van der Waals surface area contributed by atoms with Crippen LogP contribution in [0, 0.1) is 6.92 Å². The van der Waals surface area contributed by atoms with Gasteiger partial charge in [-0.1, -0.05) is 23.2 Å². The number of nitrogens with two attached hydrogens (primary N) is 1. The Morgan fingerprint density at radius 2 is 2.11 bits per heavy atom. The molecule has 0 unspecified atom stereocenters. The lowest BCUT2D eigenvalue weighted by Gasteiger charge is -2.12. The highest BCUT2D eigenvalue weighted by Crippen LogP contribution is 2.29. The van der Waals surface area contributed by atoms with Crippen molar-refractivity contribution in [1.29, 1.82) is 0 Å². The number of hydrogen-bond acceptors (Lipinski definition) is 4. The first-order valence-corrected chi connectivity index (χ1v) is 6.09. The Morgan fingerprint density at radius 3 is 2.74 bits per heavy atom. The predicted octanol–water partition coefficient (Wildman–Crippen LogP) is 2.93. The van der Waals surface area contributed by atoms with Crippen LogP contribution in [0.4, 0.5) is 11.4 Å². The van der Waals surface area contributed by atoms with Crippen molar-refractivity contribution >= 4 is 40.5 Å². The van der Waals surface area contributed by atoms with Crippen LogP contribution in [0.1, 0.15) is 16.1 Å². The summed E-state index contributed by atoms with van der Waals surface area (Å²) in [6.07, 6.45) is 1.67. The number of nitrogens with zero attached hydrogens (tertiary/aromatic N) is 2. The van der Waals surface area contributed by atoms with Crippen LogP contribution in [0.25, 0.3) is 0 Å². The van der Waals surface area contributed by atoms with E-state index in [1.165, 1.54) is 6.07 Å². The summed E-state index contributed by atoms with van der Waals surface area (Å²) in [7, 11) is 0. The van der Waals surface area contributed by atoms with Gasteiger partial charge in [-0.15, -0.1) is 0 Å². The summed E-state index contributed by atoms with van der Waals surface area (Å²) in [5.74, 6) is -0.682. The molecular weight excluding hydrogens is 287 g/mol. The van der Waals surface area contributed by atoms with Crippen molar-refractivity contribution in [3.05, 3.63) is 46.0 Å². The van der Waals surface area contributed by atoms with Crippen LogP contribution >= 0.6 is 23.2 Å². The molecule has 3 N–H and O–H groups in total. The quantitative estimate of drug-likeness (QED) is 0.853. The number of primary amides is 1. The minimum absolute atomic E-state index is 0.0379. The van der Waals surface area contributed by atoms with Gasteiger partial charge in [-0.25, -0.2) is 4.98 Å². The van der Waals surface area contributed by atoms with E-state index in [0.29, 0.717) is 5.69 Å². The molecule has 98 valence electrons. The Morgan fingerprint density at radius 1 is 1.37 bits per heavy atom. The summed E-state index contributed by atoms with van der Waals surface area (Å²) < 4.78 is 0. The number of carbonyl (C=O) groups excluding carboxylic acids is 1. The first-order valence-electron chi connectivity index (χ1n) is 5.33. The van der Waals surface area contributed by atoms with Gasteiger partial charge in [0.1, 0.15) is 15.9 Å².